The van der Waals surface area contributed by atoms with Gasteiger partial charge in [-0.3, -0.25) is 4.99 Å². The number of nitrogens with one attached hydrogen (secondary N) is 2. The van der Waals surface area contributed by atoms with Gasteiger partial charge < -0.3 is 20.3 Å². The Hall–Kier alpha value is -1.83. The quantitative estimate of drug-likeness (QED) is 0.570. The number of rotatable bonds is 7. The zero-order valence-corrected chi connectivity index (χ0v) is 17.0. The summed E-state index contributed by atoms with van der Waals surface area (Å²) in [4.78, 5) is 23.5. The van der Waals surface area contributed by atoms with E-state index in [0.29, 0.717) is 25.6 Å². The molecule has 0 aliphatic carbocycles. The molecule has 0 aliphatic heterocycles. The van der Waals surface area contributed by atoms with Gasteiger partial charge in [-0.25, -0.2) is 9.78 Å². The van der Waals surface area contributed by atoms with Crippen molar-refractivity contribution in [3.8, 4) is 0 Å². The second kappa shape index (κ2) is 10.2. The third-order valence-corrected chi connectivity index (χ3v) is 4.20. The number of likely N-dealkylation sites (N-methyl/N-ethyl adjacent to an activating group) is 1. The second-order valence-corrected chi connectivity index (χ2v) is 7.92. The van der Waals surface area contributed by atoms with E-state index < -0.39 is 5.60 Å². The van der Waals surface area contributed by atoms with E-state index in [1.54, 1.807) is 23.3 Å². The van der Waals surface area contributed by atoms with Gasteiger partial charge in [-0.15, -0.1) is 11.3 Å². The lowest BCUT2D eigenvalue weighted by atomic mass is 10.2. The van der Waals surface area contributed by atoms with Crippen molar-refractivity contribution in [2.24, 2.45) is 4.99 Å². The second-order valence-electron chi connectivity index (χ2n) is 6.60. The van der Waals surface area contributed by atoms with Gasteiger partial charge >= 0.3 is 6.09 Å². The molecule has 142 valence electrons. The van der Waals surface area contributed by atoms with Gasteiger partial charge in [0.2, 0.25) is 0 Å². The molecule has 0 fully saturated rings. The third kappa shape index (κ3) is 8.72. The highest BCUT2D eigenvalue weighted by atomic mass is 32.1. The average Bonchev–Trinajstić information content (AvgIpc) is 2.93. The molecule has 1 heterocycles. The topological polar surface area (TPSA) is 78.9 Å². The first kappa shape index (κ1) is 21.2. The van der Waals surface area contributed by atoms with Crippen molar-refractivity contribution in [2.45, 2.75) is 46.6 Å². The van der Waals surface area contributed by atoms with Crippen molar-refractivity contribution in [2.75, 3.05) is 33.2 Å². The number of aryl methyl sites for hydroxylation is 1. The maximum absolute atomic E-state index is 12.1. The number of nitrogens with zero attached hydrogens (tertiary/aromatic N) is 3. The van der Waals surface area contributed by atoms with E-state index in [9.17, 15) is 4.79 Å². The van der Waals surface area contributed by atoms with Gasteiger partial charge in [-0.05, 0) is 34.6 Å². The number of ether oxygens (including phenoxy) is 1. The van der Waals surface area contributed by atoms with Gasteiger partial charge in [-0.2, -0.15) is 0 Å². The van der Waals surface area contributed by atoms with Gasteiger partial charge in [0.25, 0.3) is 0 Å². The summed E-state index contributed by atoms with van der Waals surface area (Å²) in [5, 5.41) is 7.59. The average molecular weight is 370 g/mol. The summed E-state index contributed by atoms with van der Waals surface area (Å²) in [6.07, 6.45) is 2.46. The van der Waals surface area contributed by atoms with Crippen LogP contribution in [0.3, 0.4) is 0 Å². The first-order valence-corrected chi connectivity index (χ1v) is 9.40. The van der Waals surface area contributed by atoms with Crippen LogP contribution in [-0.4, -0.2) is 60.8 Å². The molecule has 1 rings (SSSR count). The third-order valence-electron chi connectivity index (χ3n) is 3.23. The van der Waals surface area contributed by atoms with Gasteiger partial charge in [0.1, 0.15) is 5.60 Å². The van der Waals surface area contributed by atoms with Crippen LogP contribution in [0.5, 0.6) is 0 Å². The number of aliphatic imine (C=N–C) groups is 1. The Morgan fingerprint density at radius 1 is 1.36 bits per heavy atom. The van der Waals surface area contributed by atoms with Gasteiger partial charge in [0.05, 0.1) is 5.01 Å². The Labute approximate surface area is 154 Å². The molecule has 1 amide bonds. The van der Waals surface area contributed by atoms with Crippen LogP contribution in [0.15, 0.2) is 11.2 Å². The van der Waals surface area contributed by atoms with Gasteiger partial charge in [-0.1, -0.05) is 0 Å². The smallest absolute Gasteiger partial charge is 0.410 e. The van der Waals surface area contributed by atoms with E-state index in [1.807, 2.05) is 33.9 Å². The maximum atomic E-state index is 12.1. The highest BCUT2D eigenvalue weighted by molar-refractivity contribution is 7.11. The standard InChI is InChI=1S/C17H31N5O2S/c1-7-22(16(23)24-17(3,4)5)11-10-20-15(18-6)19-9-8-14-21-12-13(2)25-14/h12H,7-11H2,1-6H3,(H2,18,19,20). The molecular weight excluding hydrogens is 338 g/mol. The number of aromatic nitrogens is 1. The van der Waals surface area contributed by atoms with Crippen LogP contribution in [0.1, 0.15) is 37.6 Å². The van der Waals surface area contributed by atoms with Gasteiger partial charge in [0.15, 0.2) is 5.96 Å². The SMILES string of the molecule is CCN(CCNC(=NC)NCCc1ncc(C)s1)C(=O)OC(C)(C)C. The van der Waals surface area contributed by atoms with E-state index in [2.05, 4.69) is 27.5 Å². The molecule has 0 aromatic carbocycles. The van der Waals surface area contributed by atoms with E-state index in [0.717, 1.165) is 18.0 Å². The minimum atomic E-state index is -0.482. The minimum Gasteiger partial charge on any atom is -0.444 e. The molecule has 0 unspecified atom stereocenters. The molecule has 8 heteroatoms. The van der Waals surface area contributed by atoms with E-state index >= 15 is 0 Å². The predicted molar refractivity (Wildman–Crippen MR) is 103 cm³/mol. The molecule has 2 N–H and O–H groups in total. The summed E-state index contributed by atoms with van der Waals surface area (Å²) in [7, 11) is 1.73. The number of hydrogen-bond acceptors (Lipinski definition) is 5. The van der Waals surface area contributed by atoms with Crippen LogP contribution in [-0.2, 0) is 11.2 Å². The number of amides is 1. The largest absolute Gasteiger partial charge is 0.444 e. The van der Waals surface area contributed by atoms with Crippen molar-refractivity contribution in [3.63, 3.8) is 0 Å². The molecule has 1 aromatic rings. The fourth-order valence-corrected chi connectivity index (χ4v) is 2.83. The molecule has 25 heavy (non-hydrogen) atoms. The molecule has 0 saturated carbocycles. The Morgan fingerprint density at radius 2 is 2.04 bits per heavy atom. The Morgan fingerprint density at radius 3 is 2.56 bits per heavy atom. The lowest BCUT2D eigenvalue weighted by molar-refractivity contribution is 0.0264. The lowest BCUT2D eigenvalue weighted by Gasteiger charge is -2.26. The summed E-state index contributed by atoms with van der Waals surface area (Å²) < 4.78 is 5.40. The number of carbonyl (C=O) groups is 1. The molecule has 7 nitrogen and oxygen atoms in total. The van der Waals surface area contributed by atoms with Crippen molar-refractivity contribution in [3.05, 3.63) is 16.1 Å². The normalized spacial score (nSPS) is 12.0. The lowest BCUT2D eigenvalue weighted by Crippen LogP contribution is -2.44. The van der Waals surface area contributed by atoms with Crippen LogP contribution in [0.4, 0.5) is 4.79 Å². The maximum Gasteiger partial charge on any atom is 0.410 e. The van der Waals surface area contributed by atoms with Crippen molar-refractivity contribution in [1.82, 2.24) is 20.5 Å². The van der Waals surface area contributed by atoms with Crippen molar-refractivity contribution >= 4 is 23.4 Å². The van der Waals surface area contributed by atoms with E-state index in [-0.39, 0.29) is 6.09 Å². The number of thiazole rings is 1. The van der Waals surface area contributed by atoms with Crippen molar-refractivity contribution < 1.29 is 9.53 Å². The molecule has 0 bridgehead atoms. The summed E-state index contributed by atoms with van der Waals surface area (Å²) in [6, 6.07) is 0. The Bertz CT molecular complexity index is 566. The number of carbonyl (C=O) groups excluding carboxylic acids is 1. The molecular formula is C17H31N5O2S. The molecule has 0 saturated heterocycles. The van der Waals surface area contributed by atoms with Crippen LogP contribution < -0.4 is 10.6 Å². The Balaban J connectivity index is 2.32. The van der Waals surface area contributed by atoms with Crippen LogP contribution in [0, 0.1) is 6.92 Å². The summed E-state index contributed by atoms with van der Waals surface area (Å²) >= 11 is 1.71. The molecule has 0 aliphatic rings. The van der Waals surface area contributed by atoms with Crippen LogP contribution >= 0.6 is 11.3 Å². The fourth-order valence-electron chi connectivity index (χ4n) is 2.04. The van der Waals surface area contributed by atoms with Gasteiger partial charge in [0, 0.05) is 50.7 Å². The first-order valence-electron chi connectivity index (χ1n) is 8.59. The zero-order valence-electron chi connectivity index (χ0n) is 16.2. The summed E-state index contributed by atoms with van der Waals surface area (Å²) in [6.45, 7) is 12.1. The zero-order chi connectivity index (χ0) is 18.9. The molecule has 0 radical (unpaired) electrons. The Kier molecular flexibility index (Phi) is 8.68. The van der Waals surface area contributed by atoms with Crippen LogP contribution in [0.2, 0.25) is 0 Å². The summed E-state index contributed by atoms with van der Waals surface area (Å²) in [5.41, 5.74) is -0.482. The van der Waals surface area contributed by atoms with E-state index in [4.69, 9.17) is 4.74 Å². The fraction of sp³-hybridized carbons (Fsp3) is 0.706. The number of guanidine groups is 1. The molecule has 0 atom stereocenters. The number of hydrogen-bond donors (Lipinski definition) is 2. The highest BCUT2D eigenvalue weighted by Crippen LogP contribution is 2.11. The summed E-state index contributed by atoms with van der Waals surface area (Å²) in [5.74, 6) is 0.716. The molecule has 0 spiro atoms. The van der Waals surface area contributed by atoms with Crippen LogP contribution in [0.25, 0.3) is 0 Å². The predicted octanol–water partition coefficient (Wildman–Crippen LogP) is 2.42. The minimum absolute atomic E-state index is 0.293. The first-order chi connectivity index (χ1) is 11.7. The molecule has 1 aromatic heterocycles. The highest BCUT2D eigenvalue weighted by Gasteiger charge is 2.20. The van der Waals surface area contributed by atoms with Crippen molar-refractivity contribution in [1.29, 1.82) is 0 Å². The van der Waals surface area contributed by atoms with E-state index in [1.165, 1.54) is 4.88 Å². The monoisotopic (exact) mass is 369 g/mol.